The van der Waals surface area contributed by atoms with E-state index in [1.54, 1.807) is 68.6 Å². The van der Waals surface area contributed by atoms with Crippen LogP contribution in [0.5, 0.6) is 0 Å². The zero-order chi connectivity index (χ0) is 26.5. The number of carbonyl (C=O) groups is 2. The molecule has 1 aromatic heterocycles. The third-order valence-corrected chi connectivity index (χ3v) is 8.49. The second-order valence-corrected chi connectivity index (χ2v) is 13.1. The molecule has 0 radical (unpaired) electrons. The second kappa shape index (κ2) is 11.4. The molecule has 0 aliphatic carbocycles. The van der Waals surface area contributed by atoms with Gasteiger partial charge in [0.2, 0.25) is 13.3 Å². The van der Waals surface area contributed by atoms with Gasteiger partial charge in [0.1, 0.15) is 5.66 Å². The molecule has 3 aromatic rings. The molecule has 36 heavy (non-hydrogen) atoms. The van der Waals surface area contributed by atoms with E-state index in [2.05, 4.69) is 11.4 Å². The van der Waals surface area contributed by atoms with Gasteiger partial charge in [-0.1, -0.05) is 23.7 Å². The Morgan fingerprint density at radius 3 is 2.69 bits per heavy atom. The van der Waals surface area contributed by atoms with Gasteiger partial charge in [-0.05, 0) is 79.1 Å². The lowest BCUT2D eigenvalue weighted by Gasteiger charge is -2.24. The number of fused-ring (bicyclic) bond motifs is 1. The third kappa shape index (κ3) is 6.83. The van der Waals surface area contributed by atoms with Gasteiger partial charge in [-0.15, -0.1) is 11.3 Å². The largest absolute Gasteiger partial charge is 0.438 e. The molecular weight excluding hydrogens is 519 g/mol. The summed E-state index contributed by atoms with van der Waals surface area (Å²) >= 11 is 7.59. The molecule has 188 valence electrons. The van der Waals surface area contributed by atoms with Crippen LogP contribution in [0.2, 0.25) is 5.02 Å². The minimum absolute atomic E-state index is 0.476. The van der Waals surface area contributed by atoms with Gasteiger partial charge in [0.25, 0.3) is 0 Å². The van der Waals surface area contributed by atoms with Crippen molar-refractivity contribution in [3.63, 3.8) is 0 Å². The number of halogens is 1. The first-order valence-electron chi connectivity index (χ1n) is 10.9. The van der Waals surface area contributed by atoms with E-state index in [-0.39, 0.29) is 0 Å². The maximum atomic E-state index is 13.8. The zero-order valence-corrected chi connectivity index (χ0v) is 22.7. The van der Waals surface area contributed by atoms with E-state index >= 15 is 0 Å². The van der Waals surface area contributed by atoms with E-state index < -0.39 is 37.1 Å². The predicted octanol–water partition coefficient (Wildman–Crippen LogP) is 6.73. The first kappa shape index (κ1) is 27.6. The molecule has 0 spiro atoms. The first-order valence-corrected chi connectivity index (χ1v) is 14.3. The number of rotatable bonds is 8. The molecular formula is C26H26ClN2O5PS. The van der Waals surface area contributed by atoms with Crippen molar-refractivity contribution in [3.8, 4) is 6.07 Å². The molecule has 0 aliphatic rings. The number of benzene rings is 2. The van der Waals surface area contributed by atoms with Crippen LogP contribution < -0.4 is 5.32 Å². The van der Waals surface area contributed by atoms with Crippen LogP contribution in [-0.4, -0.2) is 25.3 Å². The molecule has 0 aliphatic heterocycles. The highest BCUT2D eigenvalue weighted by molar-refractivity contribution is 7.59. The quantitative estimate of drug-likeness (QED) is 0.191. The predicted molar refractivity (Wildman–Crippen MR) is 143 cm³/mol. The van der Waals surface area contributed by atoms with E-state index in [4.69, 9.17) is 26.1 Å². The number of hydrogen-bond donors (Lipinski definition) is 1. The van der Waals surface area contributed by atoms with Crippen molar-refractivity contribution in [2.45, 2.75) is 26.4 Å². The van der Waals surface area contributed by atoms with Gasteiger partial charge in [-0.25, -0.2) is 0 Å². The van der Waals surface area contributed by atoms with Crippen LogP contribution in [0.3, 0.4) is 0 Å². The standard InChI is InChI=1S/C26H26ClN2O5PS/c1-26(2,3)25(31)33-16-34-35(4,32)23(21-15-36-22-9-8-19(27)13-20(21)22)24(30)29-11-10-17-6-5-7-18(12-17)14-28/h5-13,15,23H,16H2,1-4H3,(H,29,30)/b11-10+. The van der Waals surface area contributed by atoms with Gasteiger partial charge < -0.3 is 10.1 Å². The Bertz CT molecular complexity index is 1400. The smallest absolute Gasteiger partial charge is 0.313 e. The molecule has 10 heteroatoms. The van der Waals surface area contributed by atoms with Crippen LogP contribution in [0.4, 0.5) is 0 Å². The summed E-state index contributed by atoms with van der Waals surface area (Å²) in [5.74, 6) is -1.07. The zero-order valence-electron chi connectivity index (χ0n) is 20.3. The number of hydrogen-bond acceptors (Lipinski definition) is 7. The normalized spacial score (nSPS) is 14.2. The number of thiophene rings is 1. The molecule has 1 heterocycles. The molecule has 1 N–H and O–H groups in total. The molecule has 0 bridgehead atoms. The summed E-state index contributed by atoms with van der Waals surface area (Å²) in [5, 5.41) is 14.7. The molecule has 3 rings (SSSR count). The monoisotopic (exact) mass is 544 g/mol. The van der Waals surface area contributed by atoms with Crippen LogP contribution in [0.1, 0.15) is 43.1 Å². The summed E-state index contributed by atoms with van der Waals surface area (Å²) in [6, 6.07) is 14.2. The first-order chi connectivity index (χ1) is 16.9. The summed E-state index contributed by atoms with van der Waals surface area (Å²) < 4.78 is 25.3. The van der Waals surface area contributed by atoms with Crippen molar-refractivity contribution in [1.82, 2.24) is 5.32 Å². The molecule has 0 saturated carbocycles. The fourth-order valence-corrected chi connectivity index (χ4v) is 6.20. The fraction of sp³-hybridized carbons (Fsp3) is 0.269. The fourth-order valence-electron chi connectivity index (χ4n) is 3.33. The number of nitrogens with one attached hydrogen (secondary N) is 1. The van der Waals surface area contributed by atoms with Crippen LogP contribution in [0.25, 0.3) is 16.2 Å². The van der Waals surface area contributed by atoms with Crippen molar-refractivity contribution < 1.29 is 23.4 Å². The Morgan fingerprint density at radius 1 is 1.25 bits per heavy atom. The summed E-state index contributed by atoms with van der Waals surface area (Å²) in [6.07, 6.45) is 3.05. The number of amides is 1. The van der Waals surface area contributed by atoms with Gasteiger partial charge in [-0.3, -0.25) is 18.7 Å². The molecule has 1 amide bonds. The average Bonchev–Trinajstić information content (AvgIpc) is 3.20. The number of nitriles is 1. The summed E-state index contributed by atoms with van der Waals surface area (Å²) in [5.41, 5.74) is -0.245. The Hall–Kier alpha value is -2.95. The maximum absolute atomic E-state index is 13.8. The summed E-state index contributed by atoms with van der Waals surface area (Å²) in [7, 11) is -3.70. The van der Waals surface area contributed by atoms with E-state index in [1.807, 2.05) is 6.07 Å². The van der Waals surface area contributed by atoms with E-state index in [9.17, 15) is 14.2 Å². The Kier molecular flexibility index (Phi) is 8.76. The second-order valence-electron chi connectivity index (χ2n) is 9.15. The Labute approximate surface area is 219 Å². The van der Waals surface area contributed by atoms with E-state index in [0.717, 1.165) is 4.70 Å². The average molecular weight is 545 g/mol. The number of esters is 1. The molecule has 2 unspecified atom stereocenters. The topological polar surface area (TPSA) is 105 Å². The SMILES string of the molecule is CC(C)(C)C(=O)OCOP(C)(=O)C(C(=O)N/C=C/c1cccc(C#N)c1)c1csc2ccc(Cl)cc12. The molecule has 2 atom stereocenters. The highest BCUT2D eigenvalue weighted by Gasteiger charge is 2.39. The van der Waals surface area contributed by atoms with Crippen LogP contribution >= 0.6 is 30.3 Å². The van der Waals surface area contributed by atoms with E-state index in [1.165, 1.54) is 24.2 Å². The van der Waals surface area contributed by atoms with Crippen molar-refractivity contribution in [3.05, 3.63) is 75.8 Å². The minimum Gasteiger partial charge on any atom is -0.438 e. The lowest BCUT2D eigenvalue weighted by atomic mass is 9.98. The number of nitrogens with zero attached hydrogens (tertiary/aromatic N) is 1. The lowest BCUT2D eigenvalue weighted by Crippen LogP contribution is -2.27. The molecule has 0 fully saturated rings. The van der Waals surface area contributed by atoms with Gasteiger partial charge in [-0.2, -0.15) is 5.26 Å². The summed E-state index contributed by atoms with van der Waals surface area (Å²) in [4.78, 5) is 25.5. The van der Waals surface area contributed by atoms with Gasteiger partial charge in [0.05, 0.1) is 17.0 Å². The van der Waals surface area contributed by atoms with Crippen LogP contribution in [-0.2, 0) is 23.4 Å². The molecule has 7 nitrogen and oxygen atoms in total. The minimum atomic E-state index is -3.70. The van der Waals surface area contributed by atoms with Crippen molar-refractivity contribution in [2.24, 2.45) is 5.41 Å². The van der Waals surface area contributed by atoms with Crippen LogP contribution in [0.15, 0.2) is 54.0 Å². The Balaban J connectivity index is 1.89. The molecule has 0 saturated heterocycles. The highest BCUT2D eigenvalue weighted by Crippen LogP contribution is 2.59. The van der Waals surface area contributed by atoms with Gasteiger partial charge in [0, 0.05) is 22.6 Å². The van der Waals surface area contributed by atoms with Gasteiger partial charge >= 0.3 is 5.97 Å². The lowest BCUT2D eigenvalue weighted by molar-refractivity contribution is -0.159. The van der Waals surface area contributed by atoms with Crippen molar-refractivity contribution in [1.29, 1.82) is 5.26 Å². The summed E-state index contributed by atoms with van der Waals surface area (Å²) in [6.45, 7) is 5.87. The number of carbonyl (C=O) groups excluding carboxylic acids is 2. The van der Waals surface area contributed by atoms with Crippen molar-refractivity contribution in [2.75, 3.05) is 13.5 Å². The highest BCUT2D eigenvalue weighted by atomic mass is 35.5. The van der Waals surface area contributed by atoms with E-state index in [0.29, 0.717) is 27.1 Å². The van der Waals surface area contributed by atoms with Crippen LogP contribution in [0, 0.1) is 16.7 Å². The maximum Gasteiger partial charge on any atom is 0.313 e. The molecule has 2 aromatic carbocycles. The Morgan fingerprint density at radius 2 is 2.00 bits per heavy atom. The number of ether oxygens (including phenoxy) is 1. The van der Waals surface area contributed by atoms with Gasteiger partial charge in [0.15, 0.2) is 6.79 Å². The third-order valence-electron chi connectivity index (χ3n) is 5.21. The van der Waals surface area contributed by atoms with Crippen molar-refractivity contribution >= 4 is 58.3 Å².